The van der Waals surface area contributed by atoms with E-state index in [0.717, 1.165) is 18.5 Å². The molecule has 1 unspecified atom stereocenters. The molecule has 2 heterocycles. The normalized spacial score (nSPS) is 21.1. The number of amides is 1. The number of hydrogen-bond acceptors (Lipinski definition) is 5. The van der Waals surface area contributed by atoms with Crippen molar-refractivity contribution in [2.24, 2.45) is 0 Å². The van der Waals surface area contributed by atoms with Gasteiger partial charge in [-0.2, -0.15) is 5.10 Å². The van der Waals surface area contributed by atoms with E-state index in [4.69, 9.17) is 0 Å². The van der Waals surface area contributed by atoms with E-state index in [9.17, 15) is 18.0 Å². The van der Waals surface area contributed by atoms with Gasteiger partial charge in [-0.3, -0.25) is 14.3 Å². The molecule has 2 aliphatic rings. The van der Waals surface area contributed by atoms with E-state index >= 15 is 0 Å². The van der Waals surface area contributed by atoms with E-state index in [-0.39, 0.29) is 34.9 Å². The number of carbonyl (C=O) groups excluding carboxylic acids is 2. The lowest BCUT2D eigenvalue weighted by atomic mass is 10.1. The van der Waals surface area contributed by atoms with Crippen LogP contribution in [0.1, 0.15) is 64.7 Å². The molecule has 0 spiro atoms. The summed E-state index contributed by atoms with van der Waals surface area (Å²) in [6.45, 7) is 1.49. The van der Waals surface area contributed by atoms with Crippen LogP contribution in [0.3, 0.4) is 0 Å². The molecule has 1 saturated carbocycles. The number of aromatic nitrogens is 2. The molecule has 142 valence electrons. The fourth-order valence-corrected chi connectivity index (χ4v) is 5.14. The maximum absolute atomic E-state index is 12.6. The maximum atomic E-state index is 12.6. The van der Waals surface area contributed by atoms with Crippen molar-refractivity contribution >= 4 is 27.2 Å². The molecule has 8 heteroatoms. The van der Waals surface area contributed by atoms with Crippen LogP contribution in [0.25, 0.3) is 0 Å². The molecule has 2 aromatic rings. The standard InChI is InChI=1S/C19H21N3O4S/c1-12(23)13-4-6-15(7-5-13)20-19(24)17-10-18(14-2-3-14)22(21-17)16-8-9-27(25,26)11-16/h4-7,10,14,16H,2-3,8-9,11H2,1H3,(H,20,24). The fraction of sp³-hybridized carbons (Fsp3) is 0.421. The van der Waals surface area contributed by atoms with Crippen LogP contribution in [0.4, 0.5) is 5.69 Å². The number of carbonyl (C=O) groups is 2. The third kappa shape index (κ3) is 3.80. The number of benzene rings is 1. The van der Waals surface area contributed by atoms with Gasteiger partial charge in [-0.15, -0.1) is 0 Å². The van der Waals surface area contributed by atoms with Gasteiger partial charge in [-0.1, -0.05) is 0 Å². The molecule has 4 rings (SSSR count). The molecule has 0 radical (unpaired) electrons. The molecular formula is C19H21N3O4S. The minimum Gasteiger partial charge on any atom is -0.321 e. The smallest absolute Gasteiger partial charge is 0.276 e. The van der Waals surface area contributed by atoms with Crippen molar-refractivity contribution in [2.45, 2.75) is 38.1 Å². The Morgan fingerprint density at radius 3 is 2.41 bits per heavy atom. The molecule has 1 aliphatic heterocycles. The molecule has 0 bridgehead atoms. The van der Waals surface area contributed by atoms with E-state index in [1.165, 1.54) is 6.92 Å². The number of ketones is 1. The molecule has 27 heavy (non-hydrogen) atoms. The zero-order valence-electron chi connectivity index (χ0n) is 15.0. The quantitative estimate of drug-likeness (QED) is 0.795. The minimum atomic E-state index is -3.03. The first-order valence-corrected chi connectivity index (χ1v) is 10.9. The summed E-state index contributed by atoms with van der Waals surface area (Å²) in [6.07, 6.45) is 2.62. The number of nitrogens with zero attached hydrogens (tertiary/aromatic N) is 2. The van der Waals surface area contributed by atoms with Crippen LogP contribution in [-0.2, 0) is 9.84 Å². The molecule has 1 atom stereocenters. The first kappa shape index (κ1) is 17.9. The zero-order chi connectivity index (χ0) is 19.2. The highest BCUT2D eigenvalue weighted by Crippen LogP contribution is 2.42. The van der Waals surface area contributed by atoms with Gasteiger partial charge in [0.1, 0.15) is 0 Å². The Bertz CT molecular complexity index is 1000. The summed E-state index contributed by atoms with van der Waals surface area (Å²) >= 11 is 0. The molecule has 7 nitrogen and oxygen atoms in total. The molecule has 1 saturated heterocycles. The molecule has 1 aliphatic carbocycles. The Morgan fingerprint density at radius 2 is 1.85 bits per heavy atom. The van der Waals surface area contributed by atoms with Gasteiger partial charge in [-0.05, 0) is 56.5 Å². The summed E-state index contributed by atoms with van der Waals surface area (Å²) in [5.74, 6) is 0.240. The summed E-state index contributed by atoms with van der Waals surface area (Å²) in [4.78, 5) is 24.0. The van der Waals surface area contributed by atoms with Gasteiger partial charge in [0.05, 0.1) is 17.5 Å². The topological polar surface area (TPSA) is 98.1 Å². The van der Waals surface area contributed by atoms with Crippen molar-refractivity contribution in [2.75, 3.05) is 16.8 Å². The van der Waals surface area contributed by atoms with Crippen LogP contribution in [0.15, 0.2) is 30.3 Å². The second kappa shape index (κ2) is 6.60. The molecule has 1 N–H and O–H groups in total. The Labute approximate surface area is 157 Å². The highest BCUT2D eigenvalue weighted by Gasteiger charge is 2.36. The van der Waals surface area contributed by atoms with E-state index in [1.54, 1.807) is 35.0 Å². The lowest BCUT2D eigenvalue weighted by Gasteiger charge is -2.12. The molecular weight excluding hydrogens is 366 g/mol. The largest absolute Gasteiger partial charge is 0.321 e. The van der Waals surface area contributed by atoms with E-state index in [1.807, 2.05) is 0 Å². The first-order chi connectivity index (χ1) is 12.8. The van der Waals surface area contributed by atoms with Gasteiger partial charge >= 0.3 is 0 Å². The highest BCUT2D eigenvalue weighted by atomic mass is 32.2. The fourth-order valence-electron chi connectivity index (χ4n) is 3.45. The summed E-state index contributed by atoms with van der Waals surface area (Å²) in [5, 5.41) is 7.23. The van der Waals surface area contributed by atoms with E-state index in [0.29, 0.717) is 23.6 Å². The average Bonchev–Trinajstić information content (AvgIpc) is 3.26. The van der Waals surface area contributed by atoms with Crippen molar-refractivity contribution in [1.29, 1.82) is 0 Å². The van der Waals surface area contributed by atoms with Crippen LogP contribution in [-0.4, -0.2) is 41.4 Å². The number of rotatable bonds is 5. The van der Waals surface area contributed by atoms with Gasteiger partial charge in [-0.25, -0.2) is 8.42 Å². The summed E-state index contributed by atoms with van der Waals surface area (Å²) < 4.78 is 25.4. The summed E-state index contributed by atoms with van der Waals surface area (Å²) in [7, 11) is -3.03. The lowest BCUT2D eigenvalue weighted by molar-refractivity contribution is 0.101. The van der Waals surface area contributed by atoms with Gasteiger partial charge < -0.3 is 5.32 Å². The lowest BCUT2D eigenvalue weighted by Crippen LogP contribution is -2.17. The third-order valence-corrected chi connectivity index (χ3v) is 6.85. The van der Waals surface area contributed by atoms with Crippen LogP contribution in [0.5, 0.6) is 0 Å². The maximum Gasteiger partial charge on any atom is 0.276 e. The predicted molar refractivity (Wildman–Crippen MR) is 101 cm³/mol. The molecule has 1 aromatic carbocycles. The Balaban J connectivity index is 1.55. The first-order valence-electron chi connectivity index (χ1n) is 9.04. The minimum absolute atomic E-state index is 0.0350. The number of nitrogens with one attached hydrogen (secondary N) is 1. The van der Waals surface area contributed by atoms with Gasteiger partial charge in [0.15, 0.2) is 21.3 Å². The third-order valence-electron chi connectivity index (χ3n) is 5.10. The predicted octanol–water partition coefficient (Wildman–Crippen LogP) is 2.58. The van der Waals surface area contributed by atoms with E-state index < -0.39 is 9.84 Å². The molecule has 1 aromatic heterocycles. The second-order valence-corrected chi connectivity index (χ2v) is 9.55. The zero-order valence-corrected chi connectivity index (χ0v) is 15.8. The SMILES string of the molecule is CC(=O)c1ccc(NC(=O)c2cc(C3CC3)n(C3CCS(=O)(=O)C3)n2)cc1. The van der Waals surface area contributed by atoms with Gasteiger partial charge in [0, 0.05) is 22.9 Å². The molecule has 1 amide bonds. The van der Waals surface area contributed by atoms with Gasteiger partial charge in [0.25, 0.3) is 5.91 Å². The number of sulfone groups is 1. The number of anilines is 1. The Hall–Kier alpha value is -2.48. The Kier molecular flexibility index (Phi) is 4.38. The van der Waals surface area contributed by atoms with Crippen molar-refractivity contribution in [1.82, 2.24) is 9.78 Å². The van der Waals surface area contributed by atoms with Crippen molar-refractivity contribution in [3.8, 4) is 0 Å². The van der Waals surface area contributed by atoms with Crippen LogP contribution >= 0.6 is 0 Å². The highest BCUT2D eigenvalue weighted by molar-refractivity contribution is 7.91. The van der Waals surface area contributed by atoms with Crippen LogP contribution < -0.4 is 5.32 Å². The number of Topliss-reactive ketones (excluding diaryl/α,β-unsaturated/α-hetero) is 1. The van der Waals surface area contributed by atoms with Crippen LogP contribution in [0.2, 0.25) is 0 Å². The average molecular weight is 387 g/mol. The Morgan fingerprint density at radius 1 is 1.15 bits per heavy atom. The molecule has 2 fully saturated rings. The second-order valence-electron chi connectivity index (χ2n) is 7.32. The van der Waals surface area contributed by atoms with Crippen molar-refractivity contribution in [3.05, 3.63) is 47.3 Å². The van der Waals surface area contributed by atoms with Crippen molar-refractivity contribution in [3.63, 3.8) is 0 Å². The number of hydrogen-bond donors (Lipinski definition) is 1. The summed E-state index contributed by atoms with van der Waals surface area (Å²) in [6, 6.07) is 8.27. The summed E-state index contributed by atoms with van der Waals surface area (Å²) in [5.41, 5.74) is 2.40. The van der Waals surface area contributed by atoms with Crippen LogP contribution in [0, 0.1) is 0 Å². The van der Waals surface area contributed by atoms with Crippen molar-refractivity contribution < 1.29 is 18.0 Å². The monoisotopic (exact) mass is 387 g/mol. The van der Waals surface area contributed by atoms with Gasteiger partial charge in [0.2, 0.25) is 0 Å². The van der Waals surface area contributed by atoms with E-state index in [2.05, 4.69) is 10.4 Å².